The zero-order chi connectivity index (χ0) is 23.4. The van der Waals surface area contributed by atoms with Gasteiger partial charge in [0, 0.05) is 45.3 Å². The molecule has 0 unspecified atom stereocenters. The molecule has 4 aliphatic rings. The first kappa shape index (κ1) is 23.5. The van der Waals surface area contributed by atoms with Crippen LogP contribution >= 0.6 is 0 Å². The van der Waals surface area contributed by atoms with Gasteiger partial charge in [-0.3, -0.25) is 9.59 Å². The molecule has 0 radical (unpaired) electrons. The van der Waals surface area contributed by atoms with Gasteiger partial charge in [0.2, 0.25) is 11.6 Å². The summed E-state index contributed by atoms with van der Waals surface area (Å²) in [5.74, 6) is 0.0485. The first-order chi connectivity index (χ1) is 16.0. The lowest BCUT2D eigenvalue weighted by Crippen LogP contribution is -2.37. The Morgan fingerprint density at radius 3 is 2.09 bits per heavy atom. The summed E-state index contributed by atoms with van der Waals surface area (Å²) >= 11 is 0. The first-order valence-electron chi connectivity index (χ1n) is 12.3. The van der Waals surface area contributed by atoms with Crippen molar-refractivity contribution in [3.05, 3.63) is 59.6 Å². The zero-order valence-corrected chi connectivity index (χ0v) is 21.5. The van der Waals surface area contributed by atoms with E-state index in [-0.39, 0.29) is 21.2 Å². The SMILES string of the molecule is C=Cc1cccc([SiH2]N(CCC)CCC)c1.O=C1C=C(N2CC2)C(=O)C(N2CC2)=C1N1CC1. The van der Waals surface area contributed by atoms with E-state index in [9.17, 15) is 9.59 Å². The molecular formula is C26H36N4O2Si. The summed E-state index contributed by atoms with van der Waals surface area (Å²) in [4.78, 5) is 30.5. The summed E-state index contributed by atoms with van der Waals surface area (Å²) in [6.45, 7) is 16.3. The Balaban J connectivity index is 0.000000158. The fraction of sp³-hybridized carbons (Fsp3) is 0.462. The van der Waals surface area contributed by atoms with Crippen LogP contribution in [0, 0.1) is 0 Å². The predicted molar refractivity (Wildman–Crippen MR) is 137 cm³/mol. The second kappa shape index (κ2) is 10.5. The standard InChI is InChI=1S/C14H23NSi.C12H13N3O2/c1-4-10-15(11-5-2)16-14-9-7-8-13(6-3)12-14;16-9-7-8(13-1-2-13)12(17)11(15-5-6-15)10(9)14-3-4-14/h6-9,12H,3-5,10-11,16H2,1-2H3;7H,1-6H2. The molecule has 6 nitrogen and oxygen atoms in total. The number of nitrogens with zero attached hydrogens (tertiary/aromatic N) is 4. The van der Waals surface area contributed by atoms with Crippen LogP contribution in [0.15, 0.2) is 54.0 Å². The summed E-state index contributed by atoms with van der Waals surface area (Å²) in [5.41, 5.74) is 3.13. The topological polar surface area (TPSA) is 46.4 Å². The van der Waals surface area contributed by atoms with Crippen LogP contribution in [0.1, 0.15) is 32.3 Å². The predicted octanol–water partition coefficient (Wildman–Crippen LogP) is 1.34. The van der Waals surface area contributed by atoms with E-state index in [4.69, 9.17) is 0 Å². The van der Waals surface area contributed by atoms with Gasteiger partial charge in [0.25, 0.3) is 0 Å². The Morgan fingerprint density at radius 1 is 0.939 bits per heavy atom. The number of hydrogen-bond acceptors (Lipinski definition) is 6. The van der Waals surface area contributed by atoms with Crippen molar-refractivity contribution in [2.45, 2.75) is 26.7 Å². The lowest BCUT2D eigenvalue weighted by Gasteiger charge is -2.21. The van der Waals surface area contributed by atoms with Crippen molar-refractivity contribution < 1.29 is 9.59 Å². The van der Waals surface area contributed by atoms with Gasteiger partial charge in [-0.2, -0.15) is 0 Å². The van der Waals surface area contributed by atoms with Gasteiger partial charge < -0.3 is 19.3 Å². The molecule has 3 saturated heterocycles. The van der Waals surface area contributed by atoms with E-state index in [1.54, 1.807) is 0 Å². The molecule has 1 aromatic carbocycles. The molecule has 0 bridgehead atoms. The lowest BCUT2D eigenvalue weighted by atomic mass is 10.0. The zero-order valence-electron chi connectivity index (χ0n) is 20.1. The summed E-state index contributed by atoms with van der Waals surface area (Å²) in [5, 5.41) is 1.53. The maximum absolute atomic E-state index is 12.4. The number of hydrogen-bond donors (Lipinski definition) is 0. The number of benzene rings is 1. The van der Waals surface area contributed by atoms with Gasteiger partial charge in [-0.05, 0) is 36.7 Å². The number of Topliss-reactive ketones (excluding diaryl/α,β-unsaturated/α-hetero) is 1. The molecule has 0 spiro atoms. The van der Waals surface area contributed by atoms with Gasteiger partial charge in [0.05, 0.1) is 5.70 Å². The molecule has 5 rings (SSSR count). The number of ketones is 2. The van der Waals surface area contributed by atoms with Gasteiger partial charge in [0.15, 0.2) is 0 Å². The fourth-order valence-electron chi connectivity index (χ4n) is 4.25. The Hall–Kier alpha value is -2.64. The van der Waals surface area contributed by atoms with E-state index in [2.05, 4.69) is 49.3 Å². The van der Waals surface area contributed by atoms with Crippen molar-refractivity contribution in [3.63, 3.8) is 0 Å². The number of allylic oxidation sites excluding steroid dienone is 1. The summed E-state index contributed by atoms with van der Waals surface area (Å²) < 4.78 is 2.65. The average molecular weight is 465 g/mol. The fourth-order valence-corrected chi connectivity index (χ4v) is 6.29. The van der Waals surface area contributed by atoms with E-state index < -0.39 is 0 Å². The van der Waals surface area contributed by atoms with E-state index >= 15 is 0 Å². The van der Waals surface area contributed by atoms with Gasteiger partial charge in [0.1, 0.15) is 21.1 Å². The number of carbonyl (C=O) groups excluding carboxylic acids is 2. The van der Waals surface area contributed by atoms with E-state index in [0.29, 0.717) is 17.1 Å². The molecule has 33 heavy (non-hydrogen) atoms. The largest absolute Gasteiger partial charge is 0.365 e. The van der Waals surface area contributed by atoms with Crippen molar-refractivity contribution in [2.75, 3.05) is 52.4 Å². The van der Waals surface area contributed by atoms with Crippen molar-refractivity contribution in [2.24, 2.45) is 0 Å². The van der Waals surface area contributed by atoms with Crippen LogP contribution < -0.4 is 5.19 Å². The third kappa shape index (κ3) is 6.03. The highest BCUT2D eigenvalue weighted by Gasteiger charge is 2.43. The molecule has 3 aliphatic heterocycles. The Morgan fingerprint density at radius 2 is 1.55 bits per heavy atom. The highest BCUT2D eigenvalue weighted by atomic mass is 28.2. The van der Waals surface area contributed by atoms with Crippen LogP contribution in [0.3, 0.4) is 0 Å². The second-order valence-corrected chi connectivity index (χ2v) is 11.1. The molecule has 0 aromatic heterocycles. The van der Waals surface area contributed by atoms with Gasteiger partial charge >= 0.3 is 0 Å². The molecule has 3 fully saturated rings. The summed E-state index contributed by atoms with van der Waals surface area (Å²) in [6.07, 6.45) is 5.97. The molecule has 0 saturated carbocycles. The van der Waals surface area contributed by atoms with E-state index in [1.807, 2.05) is 20.8 Å². The number of carbonyl (C=O) groups is 2. The summed E-state index contributed by atoms with van der Waals surface area (Å²) in [6, 6.07) is 8.82. The van der Waals surface area contributed by atoms with Crippen LogP contribution in [0.25, 0.3) is 6.08 Å². The molecular weight excluding hydrogens is 428 g/mol. The molecule has 176 valence electrons. The van der Waals surface area contributed by atoms with Gasteiger partial charge in [-0.1, -0.05) is 50.8 Å². The van der Waals surface area contributed by atoms with Crippen LogP contribution in [0.2, 0.25) is 0 Å². The van der Waals surface area contributed by atoms with Crippen molar-refractivity contribution in [3.8, 4) is 0 Å². The molecule has 1 aliphatic carbocycles. The van der Waals surface area contributed by atoms with Crippen molar-refractivity contribution >= 4 is 32.5 Å². The molecule has 0 amide bonds. The second-order valence-electron chi connectivity index (χ2n) is 9.11. The van der Waals surface area contributed by atoms with Crippen LogP contribution in [-0.2, 0) is 9.59 Å². The number of rotatable bonds is 10. The minimum absolute atomic E-state index is 0.00546. The maximum atomic E-state index is 12.4. The normalized spacial score (nSPS) is 19.2. The molecule has 0 atom stereocenters. The van der Waals surface area contributed by atoms with E-state index in [1.165, 1.54) is 42.8 Å². The summed E-state index contributed by atoms with van der Waals surface area (Å²) in [7, 11) is -0.265. The maximum Gasteiger partial charge on any atom is 0.227 e. The molecule has 7 heteroatoms. The third-order valence-corrected chi connectivity index (χ3v) is 8.05. The highest BCUT2D eigenvalue weighted by molar-refractivity contribution is 6.50. The minimum Gasteiger partial charge on any atom is -0.365 e. The molecule has 0 N–H and O–H groups in total. The van der Waals surface area contributed by atoms with Crippen LogP contribution in [0.4, 0.5) is 0 Å². The smallest absolute Gasteiger partial charge is 0.227 e. The van der Waals surface area contributed by atoms with Gasteiger partial charge in [-0.25, -0.2) is 0 Å². The Bertz CT molecular complexity index is 968. The lowest BCUT2D eigenvalue weighted by molar-refractivity contribution is -0.117. The molecule has 1 aromatic rings. The minimum atomic E-state index is -0.265. The quantitative estimate of drug-likeness (QED) is 0.296. The van der Waals surface area contributed by atoms with Crippen molar-refractivity contribution in [1.29, 1.82) is 0 Å². The Labute approximate surface area is 200 Å². The third-order valence-electron chi connectivity index (χ3n) is 6.16. The molecule has 3 heterocycles. The average Bonchev–Trinajstić information content (AvgIpc) is 3.64. The first-order valence-corrected chi connectivity index (χ1v) is 13.6. The van der Waals surface area contributed by atoms with E-state index in [0.717, 1.165) is 39.3 Å². The van der Waals surface area contributed by atoms with Crippen LogP contribution in [-0.4, -0.2) is 92.9 Å². The Kier molecular flexibility index (Phi) is 7.50. The monoisotopic (exact) mass is 464 g/mol. The van der Waals surface area contributed by atoms with Gasteiger partial charge in [-0.15, -0.1) is 0 Å². The highest BCUT2D eigenvalue weighted by Crippen LogP contribution is 2.33. The van der Waals surface area contributed by atoms with Crippen LogP contribution in [0.5, 0.6) is 0 Å². The van der Waals surface area contributed by atoms with Crippen molar-refractivity contribution in [1.82, 2.24) is 19.3 Å².